The van der Waals surface area contributed by atoms with Crippen molar-refractivity contribution in [2.75, 3.05) is 5.75 Å². The van der Waals surface area contributed by atoms with E-state index < -0.39 is 0 Å². The maximum atomic E-state index is 5.20. The van der Waals surface area contributed by atoms with Gasteiger partial charge in [-0.2, -0.15) is 5.10 Å². The van der Waals surface area contributed by atoms with Gasteiger partial charge in [0.25, 0.3) is 0 Å². The van der Waals surface area contributed by atoms with Gasteiger partial charge in [-0.3, -0.25) is 0 Å². The van der Waals surface area contributed by atoms with Gasteiger partial charge in [-0.1, -0.05) is 11.8 Å². The number of rotatable bonds is 0. The first-order valence-corrected chi connectivity index (χ1v) is 4.25. The molecule has 0 saturated carbocycles. The summed E-state index contributed by atoms with van der Waals surface area (Å²) < 4.78 is 0. The van der Waals surface area contributed by atoms with Gasteiger partial charge in [0.15, 0.2) is 0 Å². The summed E-state index contributed by atoms with van der Waals surface area (Å²) in [5, 5.41) is 4.72. The van der Waals surface area contributed by atoms with Gasteiger partial charge < -0.3 is 5.84 Å². The van der Waals surface area contributed by atoms with Crippen molar-refractivity contribution in [2.45, 2.75) is 5.03 Å². The second-order valence-electron chi connectivity index (χ2n) is 2.22. The summed E-state index contributed by atoms with van der Waals surface area (Å²) in [5.74, 6) is 6.05. The van der Waals surface area contributed by atoms with Crippen molar-refractivity contribution in [3.8, 4) is 0 Å². The summed E-state index contributed by atoms with van der Waals surface area (Å²) in [4.78, 5) is 4.18. The average Bonchev–Trinajstić information content (AvgIpc) is 2.47. The van der Waals surface area contributed by atoms with Crippen LogP contribution in [0.15, 0.2) is 28.5 Å². The van der Waals surface area contributed by atoms with Crippen molar-refractivity contribution in [2.24, 2.45) is 10.9 Å². The number of pyridine rings is 1. The molecule has 56 valence electrons. The highest BCUT2D eigenvalue weighted by molar-refractivity contribution is 8.00. The minimum Gasteiger partial charge on any atom is -0.323 e. The molecular weight excluding hydrogens is 158 g/mol. The molecule has 0 bridgehead atoms. The molecule has 0 saturated heterocycles. The third-order valence-electron chi connectivity index (χ3n) is 1.58. The maximum absolute atomic E-state index is 5.20. The molecule has 1 aliphatic rings. The molecule has 0 atom stereocenters. The Hall–Kier alpha value is -1.03. The van der Waals surface area contributed by atoms with Crippen molar-refractivity contribution in [1.29, 1.82) is 0 Å². The van der Waals surface area contributed by atoms with Gasteiger partial charge in [0.05, 0.1) is 5.71 Å². The summed E-state index contributed by atoms with van der Waals surface area (Å²) in [6.45, 7) is 0. The summed E-state index contributed by atoms with van der Waals surface area (Å²) in [6.07, 6.45) is 1.78. The normalized spacial score (nSPS) is 18.7. The summed E-state index contributed by atoms with van der Waals surface area (Å²) in [7, 11) is 0. The number of aromatic nitrogens is 1. The van der Waals surface area contributed by atoms with Gasteiger partial charge in [-0.15, -0.1) is 0 Å². The third-order valence-corrected chi connectivity index (χ3v) is 2.60. The van der Waals surface area contributed by atoms with Crippen LogP contribution in [0, 0.1) is 0 Å². The highest BCUT2D eigenvalue weighted by Gasteiger charge is 2.18. The maximum Gasteiger partial charge on any atom is 0.105 e. The fraction of sp³-hybridized carbons (Fsp3) is 0.143. The Kier molecular flexibility index (Phi) is 1.54. The topological polar surface area (TPSA) is 51.3 Å². The number of nitrogens with two attached hydrogens (primary N) is 1. The summed E-state index contributed by atoms with van der Waals surface area (Å²) >= 11 is 1.68. The Labute approximate surface area is 68.7 Å². The number of fused-ring (bicyclic) bond motifs is 1. The van der Waals surface area contributed by atoms with E-state index in [0.29, 0.717) is 0 Å². The standard InChI is InChI=1S/C7H7N3S/c8-10-6-4-11-7-5(6)2-1-3-9-7/h1-3H,4,8H2/b10-6-. The van der Waals surface area contributed by atoms with Crippen LogP contribution in [0.25, 0.3) is 0 Å². The van der Waals surface area contributed by atoms with Crippen LogP contribution in [0.5, 0.6) is 0 Å². The fourth-order valence-corrected chi connectivity index (χ4v) is 2.03. The van der Waals surface area contributed by atoms with E-state index in [2.05, 4.69) is 10.1 Å². The van der Waals surface area contributed by atoms with Crippen molar-refractivity contribution < 1.29 is 0 Å². The molecule has 2 rings (SSSR count). The smallest absolute Gasteiger partial charge is 0.105 e. The predicted molar refractivity (Wildman–Crippen MR) is 45.7 cm³/mol. The highest BCUT2D eigenvalue weighted by atomic mass is 32.2. The van der Waals surface area contributed by atoms with Gasteiger partial charge in [-0.05, 0) is 12.1 Å². The molecule has 1 aromatic rings. The Morgan fingerprint density at radius 1 is 1.64 bits per heavy atom. The van der Waals surface area contributed by atoms with Crippen molar-refractivity contribution in [1.82, 2.24) is 4.98 Å². The Morgan fingerprint density at radius 2 is 2.55 bits per heavy atom. The van der Waals surface area contributed by atoms with Crippen LogP contribution in [0.3, 0.4) is 0 Å². The molecule has 2 N–H and O–H groups in total. The van der Waals surface area contributed by atoms with E-state index in [4.69, 9.17) is 5.84 Å². The van der Waals surface area contributed by atoms with Crippen LogP contribution in [0.4, 0.5) is 0 Å². The van der Waals surface area contributed by atoms with Crippen LogP contribution in [-0.2, 0) is 0 Å². The molecule has 0 amide bonds. The molecule has 4 heteroatoms. The van der Waals surface area contributed by atoms with Gasteiger partial charge >= 0.3 is 0 Å². The lowest BCUT2D eigenvalue weighted by atomic mass is 10.2. The van der Waals surface area contributed by atoms with Crippen LogP contribution >= 0.6 is 11.8 Å². The molecule has 0 fully saturated rings. The molecule has 0 unspecified atom stereocenters. The van der Waals surface area contributed by atoms with E-state index in [1.54, 1.807) is 18.0 Å². The Bertz CT molecular complexity index is 308. The van der Waals surface area contributed by atoms with Crippen molar-refractivity contribution in [3.05, 3.63) is 23.9 Å². The molecule has 3 nitrogen and oxygen atoms in total. The first kappa shape index (κ1) is 6.67. The molecule has 0 aromatic carbocycles. The van der Waals surface area contributed by atoms with E-state index in [1.807, 2.05) is 12.1 Å². The SMILES string of the molecule is N/N=C1/CSc2ncccc21. The third kappa shape index (κ3) is 0.991. The Balaban J connectivity index is 2.55. The molecule has 0 spiro atoms. The average molecular weight is 165 g/mol. The lowest BCUT2D eigenvalue weighted by molar-refractivity contribution is 1.13. The number of hydrogen-bond donors (Lipinski definition) is 1. The summed E-state index contributed by atoms with van der Waals surface area (Å²) in [6, 6.07) is 3.89. The number of hydrazone groups is 1. The monoisotopic (exact) mass is 165 g/mol. The zero-order chi connectivity index (χ0) is 7.68. The van der Waals surface area contributed by atoms with Crippen LogP contribution in [0.2, 0.25) is 0 Å². The largest absolute Gasteiger partial charge is 0.323 e. The zero-order valence-corrected chi connectivity index (χ0v) is 6.64. The van der Waals surface area contributed by atoms with E-state index in [9.17, 15) is 0 Å². The molecule has 1 aromatic heterocycles. The van der Waals surface area contributed by atoms with Crippen LogP contribution in [0.1, 0.15) is 5.56 Å². The number of thioether (sulfide) groups is 1. The minimum atomic E-state index is 0.850. The van der Waals surface area contributed by atoms with E-state index >= 15 is 0 Å². The number of hydrogen-bond acceptors (Lipinski definition) is 4. The van der Waals surface area contributed by atoms with E-state index in [0.717, 1.165) is 22.1 Å². The van der Waals surface area contributed by atoms with Gasteiger partial charge in [-0.25, -0.2) is 4.98 Å². The Morgan fingerprint density at radius 3 is 3.36 bits per heavy atom. The minimum absolute atomic E-state index is 0.850. The molecule has 0 aliphatic carbocycles. The van der Waals surface area contributed by atoms with Crippen molar-refractivity contribution >= 4 is 17.5 Å². The van der Waals surface area contributed by atoms with Gasteiger partial charge in [0.2, 0.25) is 0 Å². The quantitative estimate of drug-likeness (QED) is 0.458. The predicted octanol–water partition coefficient (Wildman–Crippen LogP) is 0.850. The molecule has 0 radical (unpaired) electrons. The molecular formula is C7H7N3S. The lowest BCUT2D eigenvalue weighted by Gasteiger charge is -1.93. The zero-order valence-electron chi connectivity index (χ0n) is 5.82. The molecule has 11 heavy (non-hydrogen) atoms. The lowest BCUT2D eigenvalue weighted by Crippen LogP contribution is -2.01. The summed E-state index contributed by atoms with van der Waals surface area (Å²) in [5.41, 5.74) is 2.03. The number of nitrogens with zero attached hydrogens (tertiary/aromatic N) is 2. The van der Waals surface area contributed by atoms with Gasteiger partial charge in [0.1, 0.15) is 5.03 Å². The van der Waals surface area contributed by atoms with E-state index in [1.165, 1.54) is 0 Å². The first-order chi connectivity index (χ1) is 5.42. The first-order valence-electron chi connectivity index (χ1n) is 3.27. The van der Waals surface area contributed by atoms with Crippen LogP contribution in [-0.4, -0.2) is 16.4 Å². The fourth-order valence-electron chi connectivity index (χ4n) is 1.05. The highest BCUT2D eigenvalue weighted by Crippen LogP contribution is 2.28. The van der Waals surface area contributed by atoms with E-state index in [-0.39, 0.29) is 0 Å². The van der Waals surface area contributed by atoms with Crippen molar-refractivity contribution in [3.63, 3.8) is 0 Å². The van der Waals surface area contributed by atoms with Crippen LogP contribution < -0.4 is 5.84 Å². The molecule has 2 heterocycles. The molecule has 1 aliphatic heterocycles. The second kappa shape index (κ2) is 2.54. The second-order valence-corrected chi connectivity index (χ2v) is 3.18. The van der Waals surface area contributed by atoms with Gasteiger partial charge in [0, 0.05) is 17.5 Å².